The molecule has 1 aliphatic rings. The topological polar surface area (TPSA) is 46.5 Å². The minimum Gasteiger partial charge on any atom is -0.392 e. The van der Waals surface area contributed by atoms with E-state index in [1.807, 2.05) is 20.6 Å². The van der Waals surface area contributed by atoms with Gasteiger partial charge < -0.3 is 14.6 Å². The minimum atomic E-state index is 0.107. The van der Waals surface area contributed by atoms with Gasteiger partial charge in [-0.25, -0.2) is 0 Å². The van der Waals surface area contributed by atoms with Crippen molar-refractivity contribution in [3.8, 4) is 0 Å². The van der Waals surface area contributed by atoms with Crippen LogP contribution in [-0.4, -0.2) is 25.6 Å². The molecule has 0 radical (unpaired) electrons. The summed E-state index contributed by atoms with van der Waals surface area (Å²) in [5.74, 6) is 0.813. The van der Waals surface area contributed by atoms with Crippen LogP contribution in [0.3, 0.4) is 0 Å². The van der Waals surface area contributed by atoms with Crippen molar-refractivity contribution in [2.75, 3.05) is 13.7 Å². The zero-order valence-corrected chi connectivity index (χ0v) is 16.3. The van der Waals surface area contributed by atoms with Crippen molar-refractivity contribution in [2.45, 2.75) is 53.1 Å². The van der Waals surface area contributed by atoms with Crippen molar-refractivity contribution in [1.82, 2.24) is 0 Å². The van der Waals surface area contributed by atoms with Crippen LogP contribution in [0.2, 0.25) is 0 Å². The standard InChI is InChI=1S/C17H24O2.C4H8.CH2O/c1-13-3-5-14(6-4-13)15-7-8-17(12-18)16(11-15)9-10-19-2;1-4(2)3;1-2/h5,7-8,11,13,18H,3-4,6,9-10,12H2,1-2H3;1H2,2-3H3;1H2. The van der Waals surface area contributed by atoms with Crippen molar-refractivity contribution in [3.63, 3.8) is 0 Å². The Morgan fingerprint density at radius 2 is 1.92 bits per heavy atom. The zero-order valence-electron chi connectivity index (χ0n) is 16.3. The molecule has 1 aromatic rings. The Bertz CT molecular complexity index is 542. The molecule has 0 spiro atoms. The fraction of sp³-hybridized carbons (Fsp3) is 0.500. The van der Waals surface area contributed by atoms with E-state index in [-0.39, 0.29) is 6.61 Å². The normalized spacial score (nSPS) is 15.9. The molecule has 1 N–H and O–H groups in total. The van der Waals surface area contributed by atoms with Gasteiger partial charge in [-0.2, -0.15) is 0 Å². The monoisotopic (exact) mass is 346 g/mol. The van der Waals surface area contributed by atoms with Gasteiger partial charge >= 0.3 is 0 Å². The molecular formula is C22H34O3. The van der Waals surface area contributed by atoms with E-state index in [0.29, 0.717) is 6.61 Å². The number of aliphatic hydroxyl groups is 1. The summed E-state index contributed by atoms with van der Waals surface area (Å²) in [7, 11) is 1.72. The molecule has 0 aliphatic heterocycles. The van der Waals surface area contributed by atoms with Gasteiger partial charge in [0, 0.05) is 7.11 Å². The number of methoxy groups -OCH3 is 1. The Kier molecular flexibility index (Phi) is 12.6. The molecule has 1 aromatic carbocycles. The molecule has 2 rings (SSSR count). The SMILES string of the molecule is C=C(C)C.C=O.COCCc1cc(C2=CCC(C)CC2)ccc1CO. The van der Waals surface area contributed by atoms with Gasteiger partial charge in [-0.05, 0) is 67.7 Å². The lowest BCUT2D eigenvalue weighted by atomic mass is 9.86. The van der Waals surface area contributed by atoms with E-state index in [9.17, 15) is 5.11 Å². The van der Waals surface area contributed by atoms with Crippen LogP contribution in [-0.2, 0) is 22.6 Å². The lowest BCUT2D eigenvalue weighted by Crippen LogP contribution is -2.04. The van der Waals surface area contributed by atoms with Crippen LogP contribution in [0, 0.1) is 5.92 Å². The maximum absolute atomic E-state index is 9.40. The molecule has 0 saturated heterocycles. The van der Waals surface area contributed by atoms with Gasteiger partial charge in [-0.1, -0.05) is 36.8 Å². The van der Waals surface area contributed by atoms with Crippen molar-refractivity contribution < 1.29 is 14.6 Å². The maximum atomic E-state index is 9.40. The lowest BCUT2D eigenvalue weighted by Gasteiger charge is -2.19. The third-order valence-electron chi connectivity index (χ3n) is 4.00. The Balaban J connectivity index is 0.000000845. The number of allylic oxidation sites excluding steroid dienone is 3. The van der Waals surface area contributed by atoms with E-state index in [1.165, 1.54) is 41.5 Å². The molecule has 25 heavy (non-hydrogen) atoms. The smallest absolute Gasteiger partial charge is 0.106 e. The van der Waals surface area contributed by atoms with E-state index in [4.69, 9.17) is 9.53 Å². The molecule has 0 saturated carbocycles. The van der Waals surface area contributed by atoms with E-state index in [2.05, 4.69) is 37.8 Å². The van der Waals surface area contributed by atoms with Crippen LogP contribution in [0.15, 0.2) is 36.4 Å². The first-order valence-electron chi connectivity index (χ1n) is 8.79. The van der Waals surface area contributed by atoms with Crippen LogP contribution in [0.5, 0.6) is 0 Å². The van der Waals surface area contributed by atoms with Gasteiger partial charge in [-0.15, -0.1) is 6.58 Å². The summed E-state index contributed by atoms with van der Waals surface area (Å²) in [5.41, 5.74) is 6.17. The summed E-state index contributed by atoms with van der Waals surface area (Å²) in [5, 5.41) is 9.40. The summed E-state index contributed by atoms with van der Waals surface area (Å²) < 4.78 is 5.15. The van der Waals surface area contributed by atoms with Gasteiger partial charge in [0.1, 0.15) is 6.79 Å². The van der Waals surface area contributed by atoms with Crippen LogP contribution in [0.25, 0.3) is 5.57 Å². The van der Waals surface area contributed by atoms with Crippen LogP contribution in [0.1, 0.15) is 56.7 Å². The van der Waals surface area contributed by atoms with E-state index in [0.717, 1.165) is 17.9 Å². The molecule has 1 unspecified atom stereocenters. The van der Waals surface area contributed by atoms with Gasteiger partial charge in [0.05, 0.1) is 13.2 Å². The highest BCUT2D eigenvalue weighted by Crippen LogP contribution is 2.31. The Morgan fingerprint density at radius 1 is 1.28 bits per heavy atom. The molecule has 0 fully saturated rings. The third kappa shape index (κ3) is 9.37. The average Bonchev–Trinajstić information content (AvgIpc) is 2.61. The highest BCUT2D eigenvalue weighted by Gasteiger charge is 2.12. The van der Waals surface area contributed by atoms with Crippen molar-refractivity contribution >= 4 is 12.4 Å². The number of hydrogen-bond acceptors (Lipinski definition) is 3. The van der Waals surface area contributed by atoms with E-state index >= 15 is 0 Å². The lowest BCUT2D eigenvalue weighted by molar-refractivity contribution is -0.0979. The first-order chi connectivity index (χ1) is 12.0. The first kappa shape index (κ1) is 23.3. The number of rotatable bonds is 5. The average molecular weight is 347 g/mol. The largest absolute Gasteiger partial charge is 0.392 e. The summed E-state index contributed by atoms with van der Waals surface area (Å²) in [4.78, 5) is 8.00. The molecule has 0 amide bonds. The quantitative estimate of drug-likeness (QED) is 0.766. The number of carbonyl (C=O) groups excluding carboxylic acids is 1. The Hall–Kier alpha value is -1.71. The van der Waals surface area contributed by atoms with Crippen molar-refractivity contribution in [2.24, 2.45) is 5.92 Å². The highest BCUT2D eigenvalue weighted by atomic mass is 16.5. The van der Waals surface area contributed by atoms with Gasteiger partial charge in [0.2, 0.25) is 0 Å². The Labute approximate surface area is 153 Å². The van der Waals surface area contributed by atoms with Gasteiger partial charge in [0.15, 0.2) is 0 Å². The van der Waals surface area contributed by atoms with Crippen LogP contribution in [0.4, 0.5) is 0 Å². The molecule has 3 heteroatoms. The second-order valence-corrected chi connectivity index (χ2v) is 6.70. The molecule has 140 valence electrons. The predicted molar refractivity (Wildman–Crippen MR) is 107 cm³/mol. The van der Waals surface area contributed by atoms with Gasteiger partial charge in [-0.3, -0.25) is 0 Å². The third-order valence-corrected chi connectivity index (χ3v) is 4.00. The molecule has 3 nitrogen and oxygen atoms in total. The number of carbonyl (C=O) groups is 1. The van der Waals surface area contributed by atoms with Crippen molar-refractivity contribution in [1.29, 1.82) is 0 Å². The molecule has 1 atom stereocenters. The predicted octanol–water partition coefficient (Wildman–Crippen LogP) is 4.97. The fourth-order valence-electron chi connectivity index (χ4n) is 2.65. The summed E-state index contributed by atoms with van der Waals surface area (Å²) >= 11 is 0. The fourth-order valence-corrected chi connectivity index (χ4v) is 2.65. The maximum Gasteiger partial charge on any atom is 0.106 e. The summed E-state index contributed by atoms with van der Waals surface area (Å²) in [6.07, 6.45) is 6.88. The molecule has 1 aliphatic carbocycles. The van der Waals surface area contributed by atoms with Gasteiger partial charge in [0.25, 0.3) is 0 Å². The zero-order chi connectivity index (χ0) is 19.2. The minimum absolute atomic E-state index is 0.107. The molecular weight excluding hydrogens is 312 g/mol. The summed E-state index contributed by atoms with van der Waals surface area (Å²) in [6, 6.07) is 6.43. The van der Waals surface area contributed by atoms with Crippen LogP contribution < -0.4 is 0 Å². The number of benzene rings is 1. The number of aliphatic hydroxyl groups excluding tert-OH is 1. The molecule has 0 heterocycles. The molecule has 0 aromatic heterocycles. The molecule has 0 bridgehead atoms. The summed E-state index contributed by atoms with van der Waals surface area (Å²) in [6.45, 7) is 12.6. The van der Waals surface area contributed by atoms with Crippen molar-refractivity contribution in [3.05, 3.63) is 53.1 Å². The number of hydrogen-bond donors (Lipinski definition) is 1. The van der Waals surface area contributed by atoms with E-state index < -0.39 is 0 Å². The van der Waals surface area contributed by atoms with E-state index in [1.54, 1.807) is 7.11 Å². The number of ether oxygens (including phenoxy) is 1. The second kappa shape index (κ2) is 13.6. The Morgan fingerprint density at radius 3 is 2.40 bits per heavy atom. The second-order valence-electron chi connectivity index (χ2n) is 6.70. The van der Waals surface area contributed by atoms with Crippen LogP contribution >= 0.6 is 0 Å². The first-order valence-corrected chi connectivity index (χ1v) is 8.79. The highest BCUT2D eigenvalue weighted by molar-refractivity contribution is 5.67.